The van der Waals surface area contributed by atoms with Gasteiger partial charge in [0.25, 0.3) is 0 Å². The second-order valence-electron chi connectivity index (χ2n) is 6.80. The third-order valence-corrected chi connectivity index (χ3v) is 4.80. The molecule has 0 spiro atoms. The molecule has 1 aliphatic rings. The van der Waals surface area contributed by atoms with E-state index in [1.165, 1.54) is 12.0 Å². The fourth-order valence-electron chi connectivity index (χ4n) is 2.62. The van der Waals surface area contributed by atoms with E-state index in [-0.39, 0.29) is 5.54 Å². The van der Waals surface area contributed by atoms with Crippen molar-refractivity contribution in [3.05, 3.63) is 45.5 Å². The van der Waals surface area contributed by atoms with Crippen LogP contribution in [-0.4, -0.2) is 17.0 Å². The molecule has 0 atom stereocenters. The zero-order chi connectivity index (χ0) is 14.9. The standard InChI is InChI=1S/C17H24N2OS/c1-17(2,3)18-10-14-4-5-15(20-14)12-19-8-6-16-13(11-19)7-9-21-16/h4-5,7,9,18H,6,8,10-12H2,1-3H3. The first-order valence-corrected chi connectivity index (χ1v) is 8.48. The second-order valence-corrected chi connectivity index (χ2v) is 7.80. The smallest absolute Gasteiger partial charge is 0.118 e. The van der Waals surface area contributed by atoms with E-state index in [1.807, 2.05) is 11.3 Å². The van der Waals surface area contributed by atoms with Crippen molar-refractivity contribution in [3.63, 3.8) is 0 Å². The van der Waals surface area contributed by atoms with Gasteiger partial charge in [0.1, 0.15) is 11.5 Å². The van der Waals surface area contributed by atoms with Gasteiger partial charge >= 0.3 is 0 Å². The topological polar surface area (TPSA) is 28.4 Å². The summed E-state index contributed by atoms with van der Waals surface area (Å²) in [6, 6.07) is 6.46. The second kappa shape index (κ2) is 5.95. The van der Waals surface area contributed by atoms with Crippen LogP contribution in [0.25, 0.3) is 0 Å². The van der Waals surface area contributed by atoms with Crippen molar-refractivity contribution in [2.75, 3.05) is 6.54 Å². The van der Waals surface area contributed by atoms with Crippen LogP contribution in [0.4, 0.5) is 0 Å². The normalized spacial score (nSPS) is 16.1. The molecule has 0 aromatic carbocycles. The molecule has 1 aliphatic heterocycles. The van der Waals surface area contributed by atoms with E-state index in [4.69, 9.17) is 4.42 Å². The average Bonchev–Trinajstić information content (AvgIpc) is 3.04. The molecule has 3 rings (SSSR count). The van der Waals surface area contributed by atoms with E-state index in [0.29, 0.717) is 0 Å². The Morgan fingerprint density at radius 3 is 2.86 bits per heavy atom. The maximum Gasteiger partial charge on any atom is 0.118 e. The van der Waals surface area contributed by atoms with Gasteiger partial charge in [-0.05, 0) is 56.3 Å². The molecule has 1 N–H and O–H groups in total. The van der Waals surface area contributed by atoms with Gasteiger partial charge in [0.05, 0.1) is 13.1 Å². The Morgan fingerprint density at radius 2 is 2.05 bits per heavy atom. The Balaban J connectivity index is 1.56. The molecule has 0 saturated heterocycles. The Morgan fingerprint density at radius 1 is 1.24 bits per heavy atom. The number of hydrogen-bond acceptors (Lipinski definition) is 4. The van der Waals surface area contributed by atoms with Gasteiger partial charge in [0.15, 0.2) is 0 Å². The molecule has 114 valence electrons. The van der Waals surface area contributed by atoms with E-state index in [1.54, 1.807) is 4.88 Å². The van der Waals surface area contributed by atoms with Crippen LogP contribution in [0.2, 0.25) is 0 Å². The number of thiophene rings is 1. The summed E-state index contributed by atoms with van der Waals surface area (Å²) in [7, 11) is 0. The lowest BCUT2D eigenvalue weighted by molar-refractivity contribution is 0.224. The van der Waals surface area contributed by atoms with Gasteiger partial charge in [-0.3, -0.25) is 4.90 Å². The predicted octanol–water partition coefficient (Wildman–Crippen LogP) is 3.79. The zero-order valence-electron chi connectivity index (χ0n) is 13.1. The first kappa shape index (κ1) is 14.8. The molecule has 3 heterocycles. The average molecular weight is 304 g/mol. The summed E-state index contributed by atoms with van der Waals surface area (Å²) in [4.78, 5) is 4.02. The third-order valence-electron chi connectivity index (χ3n) is 3.78. The summed E-state index contributed by atoms with van der Waals surface area (Å²) in [5, 5.41) is 5.66. The van der Waals surface area contributed by atoms with Crippen LogP contribution in [0.15, 0.2) is 28.0 Å². The van der Waals surface area contributed by atoms with Crippen molar-refractivity contribution in [1.29, 1.82) is 0 Å². The van der Waals surface area contributed by atoms with Crippen molar-refractivity contribution in [2.24, 2.45) is 0 Å². The van der Waals surface area contributed by atoms with Crippen molar-refractivity contribution in [2.45, 2.75) is 52.4 Å². The molecule has 0 radical (unpaired) electrons. The minimum absolute atomic E-state index is 0.120. The molecule has 0 fully saturated rings. The Kier molecular flexibility index (Phi) is 4.20. The lowest BCUT2D eigenvalue weighted by atomic mass is 10.1. The molecule has 0 amide bonds. The van der Waals surface area contributed by atoms with Crippen LogP contribution in [0.5, 0.6) is 0 Å². The molecule has 4 heteroatoms. The first-order valence-electron chi connectivity index (χ1n) is 7.60. The van der Waals surface area contributed by atoms with Crippen LogP contribution in [-0.2, 0) is 26.1 Å². The van der Waals surface area contributed by atoms with Crippen molar-refractivity contribution in [3.8, 4) is 0 Å². The molecule has 0 unspecified atom stereocenters. The Labute approximate surface area is 131 Å². The minimum atomic E-state index is 0.120. The van der Waals surface area contributed by atoms with Gasteiger partial charge in [-0.2, -0.15) is 0 Å². The number of rotatable bonds is 4. The monoisotopic (exact) mass is 304 g/mol. The molecule has 2 aromatic heterocycles. The van der Waals surface area contributed by atoms with Crippen LogP contribution < -0.4 is 5.32 Å². The summed E-state index contributed by atoms with van der Waals surface area (Å²) in [5.41, 5.74) is 1.61. The van der Waals surface area contributed by atoms with Crippen molar-refractivity contribution < 1.29 is 4.42 Å². The van der Waals surface area contributed by atoms with Crippen LogP contribution in [0, 0.1) is 0 Å². The minimum Gasteiger partial charge on any atom is -0.463 e. The van der Waals surface area contributed by atoms with Gasteiger partial charge in [0, 0.05) is 23.5 Å². The van der Waals surface area contributed by atoms with E-state index >= 15 is 0 Å². The van der Waals surface area contributed by atoms with Gasteiger partial charge in [-0.1, -0.05) is 0 Å². The number of furan rings is 1. The van der Waals surface area contributed by atoms with E-state index in [0.717, 1.165) is 37.7 Å². The van der Waals surface area contributed by atoms with E-state index in [9.17, 15) is 0 Å². The number of fused-ring (bicyclic) bond motifs is 1. The fourth-order valence-corrected chi connectivity index (χ4v) is 3.51. The van der Waals surface area contributed by atoms with Crippen LogP contribution in [0.1, 0.15) is 42.7 Å². The van der Waals surface area contributed by atoms with Crippen LogP contribution in [0.3, 0.4) is 0 Å². The number of nitrogens with one attached hydrogen (secondary N) is 1. The summed E-state index contributed by atoms with van der Waals surface area (Å²) < 4.78 is 5.95. The van der Waals surface area contributed by atoms with E-state index < -0.39 is 0 Å². The van der Waals surface area contributed by atoms with Gasteiger partial charge in [-0.15, -0.1) is 11.3 Å². The molecule has 3 nitrogen and oxygen atoms in total. The largest absolute Gasteiger partial charge is 0.463 e. The Hall–Kier alpha value is -1.10. The maximum atomic E-state index is 5.95. The zero-order valence-corrected chi connectivity index (χ0v) is 13.9. The van der Waals surface area contributed by atoms with Crippen LogP contribution >= 0.6 is 11.3 Å². The highest BCUT2D eigenvalue weighted by Gasteiger charge is 2.18. The van der Waals surface area contributed by atoms with Crippen molar-refractivity contribution >= 4 is 11.3 Å². The maximum absolute atomic E-state index is 5.95. The SMILES string of the molecule is CC(C)(C)NCc1ccc(CN2CCc3sccc3C2)o1. The third kappa shape index (κ3) is 3.96. The number of nitrogens with zero attached hydrogens (tertiary/aromatic N) is 1. The molecular weight excluding hydrogens is 280 g/mol. The molecule has 21 heavy (non-hydrogen) atoms. The highest BCUT2D eigenvalue weighted by atomic mass is 32.1. The summed E-state index contributed by atoms with van der Waals surface area (Å²) >= 11 is 1.89. The molecular formula is C17H24N2OS. The predicted molar refractivity (Wildman–Crippen MR) is 87.4 cm³/mol. The molecule has 0 bridgehead atoms. The lowest BCUT2D eigenvalue weighted by Gasteiger charge is -2.25. The van der Waals surface area contributed by atoms with Crippen molar-refractivity contribution in [1.82, 2.24) is 10.2 Å². The summed E-state index contributed by atoms with van der Waals surface area (Å²) in [6.45, 7) is 10.4. The lowest BCUT2D eigenvalue weighted by Crippen LogP contribution is -2.34. The molecule has 0 saturated carbocycles. The molecule has 2 aromatic rings. The van der Waals surface area contributed by atoms with Gasteiger partial charge in [0.2, 0.25) is 0 Å². The quantitative estimate of drug-likeness (QED) is 0.931. The van der Waals surface area contributed by atoms with Gasteiger partial charge in [-0.25, -0.2) is 0 Å². The highest BCUT2D eigenvalue weighted by Crippen LogP contribution is 2.25. The Bertz CT molecular complexity index is 594. The summed E-state index contributed by atoms with van der Waals surface area (Å²) in [5.74, 6) is 2.09. The highest BCUT2D eigenvalue weighted by molar-refractivity contribution is 7.10. The fraction of sp³-hybridized carbons (Fsp3) is 0.529. The first-order chi connectivity index (χ1) is 9.99. The van der Waals surface area contributed by atoms with Gasteiger partial charge < -0.3 is 9.73 Å². The number of hydrogen-bond donors (Lipinski definition) is 1. The van der Waals surface area contributed by atoms with E-state index in [2.05, 4.69) is 54.6 Å². The summed E-state index contributed by atoms with van der Waals surface area (Å²) in [6.07, 6.45) is 1.17. The molecule has 0 aliphatic carbocycles.